The second-order valence-corrected chi connectivity index (χ2v) is 5.81. The standard InChI is InChI=1S/C15H26N2O/c1-10(2)7-12(4)17(6)9-15(18)14-8-11(3)16-13(14)5/h8,10,12,16H,7,9H2,1-6H3. The van der Waals surface area contributed by atoms with Crippen LogP contribution in [0.4, 0.5) is 0 Å². The van der Waals surface area contributed by atoms with Gasteiger partial charge in [0.1, 0.15) is 0 Å². The highest BCUT2D eigenvalue weighted by Crippen LogP contribution is 2.13. The second kappa shape index (κ2) is 6.19. The third-order valence-electron chi connectivity index (χ3n) is 3.41. The monoisotopic (exact) mass is 250 g/mol. The van der Waals surface area contributed by atoms with E-state index in [2.05, 4.69) is 30.7 Å². The Labute approximate surface area is 111 Å². The van der Waals surface area contributed by atoms with Gasteiger partial charge in [-0.2, -0.15) is 0 Å². The van der Waals surface area contributed by atoms with Gasteiger partial charge in [-0.1, -0.05) is 13.8 Å². The van der Waals surface area contributed by atoms with Crippen molar-refractivity contribution < 1.29 is 4.79 Å². The van der Waals surface area contributed by atoms with Gasteiger partial charge in [0.2, 0.25) is 0 Å². The molecule has 0 amide bonds. The summed E-state index contributed by atoms with van der Waals surface area (Å²) < 4.78 is 0. The second-order valence-electron chi connectivity index (χ2n) is 5.81. The Morgan fingerprint density at radius 3 is 2.39 bits per heavy atom. The van der Waals surface area contributed by atoms with Gasteiger partial charge in [-0.05, 0) is 46.2 Å². The van der Waals surface area contributed by atoms with Crippen molar-refractivity contribution in [2.24, 2.45) is 5.92 Å². The SMILES string of the molecule is Cc1cc(C(=O)CN(C)C(C)CC(C)C)c(C)[nH]1. The summed E-state index contributed by atoms with van der Waals surface area (Å²) in [6.07, 6.45) is 1.12. The van der Waals surface area contributed by atoms with Crippen LogP contribution in [0.5, 0.6) is 0 Å². The molecule has 0 aromatic carbocycles. The first-order valence-electron chi connectivity index (χ1n) is 6.71. The van der Waals surface area contributed by atoms with E-state index in [0.717, 1.165) is 23.4 Å². The first-order valence-corrected chi connectivity index (χ1v) is 6.71. The maximum atomic E-state index is 12.2. The maximum Gasteiger partial charge on any atom is 0.178 e. The molecule has 3 nitrogen and oxygen atoms in total. The molecule has 1 rings (SSSR count). The smallest absolute Gasteiger partial charge is 0.178 e. The third kappa shape index (κ3) is 3.98. The Kier molecular flexibility index (Phi) is 5.15. The summed E-state index contributed by atoms with van der Waals surface area (Å²) in [6, 6.07) is 2.38. The third-order valence-corrected chi connectivity index (χ3v) is 3.41. The average molecular weight is 250 g/mol. The molecule has 0 saturated heterocycles. The summed E-state index contributed by atoms with van der Waals surface area (Å²) in [5, 5.41) is 0. The van der Waals surface area contributed by atoms with E-state index in [0.29, 0.717) is 18.5 Å². The van der Waals surface area contributed by atoms with E-state index in [9.17, 15) is 4.79 Å². The molecule has 0 aliphatic heterocycles. The highest BCUT2D eigenvalue weighted by molar-refractivity contribution is 5.98. The van der Waals surface area contributed by atoms with Crippen LogP contribution in [0.2, 0.25) is 0 Å². The molecule has 3 heteroatoms. The molecule has 1 N–H and O–H groups in total. The lowest BCUT2D eigenvalue weighted by Gasteiger charge is -2.25. The van der Waals surface area contributed by atoms with Crippen LogP contribution in [0.15, 0.2) is 6.07 Å². The van der Waals surface area contributed by atoms with Crippen LogP contribution in [0.1, 0.15) is 48.9 Å². The quantitative estimate of drug-likeness (QED) is 0.787. The fourth-order valence-electron chi connectivity index (χ4n) is 2.34. The van der Waals surface area contributed by atoms with Gasteiger partial charge >= 0.3 is 0 Å². The van der Waals surface area contributed by atoms with Crippen molar-refractivity contribution >= 4 is 5.78 Å². The topological polar surface area (TPSA) is 36.1 Å². The fraction of sp³-hybridized carbons (Fsp3) is 0.667. The molecule has 0 fully saturated rings. The number of likely N-dealkylation sites (N-methyl/N-ethyl adjacent to an activating group) is 1. The molecular formula is C15H26N2O. The molecule has 1 heterocycles. The largest absolute Gasteiger partial charge is 0.362 e. The zero-order valence-corrected chi connectivity index (χ0v) is 12.5. The summed E-state index contributed by atoms with van der Waals surface area (Å²) in [4.78, 5) is 17.5. The Morgan fingerprint density at radius 1 is 1.33 bits per heavy atom. The molecule has 0 spiro atoms. The van der Waals surface area contributed by atoms with Crippen LogP contribution in [0.3, 0.4) is 0 Å². The van der Waals surface area contributed by atoms with Crippen molar-refractivity contribution in [1.82, 2.24) is 9.88 Å². The molecule has 0 aliphatic rings. The van der Waals surface area contributed by atoms with Gasteiger partial charge < -0.3 is 4.98 Å². The summed E-state index contributed by atoms with van der Waals surface area (Å²) in [5.41, 5.74) is 2.85. The highest BCUT2D eigenvalue weighted by atomic mass is 16.1. The van der Waals surface area contributed by atoms with Gasteiger partial charge in [-0.15, -0.1) is 0 Å². The lowest BCUT2D eigenvalue weighted by atomic mass is 10.0. The molecule has 0 saturated carbocycles. The number of Topliss-reactive ketones (excluding diaryl/α,β-unsaturated/α-hetero) is 1. The van der Waals surface area contributed by atoms with E-state index in [1.807, 2.05) is 27.0 Å². The van der Waals surface area contributed by atoms with E-state index < -0.39 is 0 Å². The van der Waals surface area contributed by atoms with Crippen molar-refractivity contribution in [2.75, 3.05) is 13.6 Å². The highest BCUT2D eigenvalue weighted by Gasteiger charge is 2.17. The fourth-order valence-corrected chi connectivity index (χ4v) is 2.34. The molecule has 0 radical (unpaired) electrons. The molecule has 1 aromatic heterocycles. The number of carbonyl (C=O) groups excluding carboxylic acids is 1. The number of aromatic amines is 1. The molecule has 1 atom stereocenters. The maximum absolute atomic E-state index is 12.2. The van der Waals surface area contributed by atoms with Gasteiger partial charge in [-0.3, -0.25) is 9.69 Å². The number of hydrogen-bond acceptors (Lipinski definition) is 2. The van der Waals surface area contributed by atoms with Crippen LogP contribution in [0.25, 0.3) is 0 Å². The number of aryl methyl sites for hydroxylation is 2. The van der Waals surface area contributed by atoms with E-state index in [1.165, 1.54) is 0 Å². The summed E-state index contributed by atoms with van der Waals surface area (Å²) in [5.74, 6) is 0.865. The van der Waals surface area contributed by atoms with Crippen LogP contribution < -0.4 is 0 Å². The average Bonchev–Trinajstić information content (AvgIpc) is 2.56. The predicted octanol–water partition coefficient (Wildman–Crippen LogP) is 3.18. The number of ketones is 1. The zero-order chi connectivity index (χ0) is 13.9. The molecule has 102 valence electrons. The van der Waals surface area contributed by atoms with Crippen LogP contribution in [0, 0.1) is 19.8 Å². The molecule has 1 unspecified atom stereocenters. The molecule has 0 bridgehead atoms. The normalized spacial score (nSPS) is 13.3. The number of aromatic nitrogens is 1. The van der Waals surface area contributed by atoms with E-state index in [4.69, 9.17) is 0 Å². The number of carbonyl (C=O) groups is 1. The van der Waals surface area contributed by atoms with Crippen molar-refractivity contribution in [1.29, 1.82) is 0 Å². The minimum absolute atomic E-state index is 0.204. The van der Waals surface area contributed by atoms with Crippen molar-refractivity contribution in [2.45, 2.75) is 47.1 Å². The Morgan fingerprint density at radius 2 is 1.94 bits per heavy atom. The summed E-state index contributed by atoms with van der Waals surface area (Å²) >= 11 is 0. The number of nitrogens with zero attached hydrogens (tertiary/aromatic N) is 1. The first kappa shape index (κ1) is 15.0. The minimum Gasteiger partial charge on any atom is -0.362 e. The number of nitrogens with one attached hydrogen (secondary N) is 1. The van der Waals surface area contributed by atoms with Crippen molar-refractivity contribution in [3.05, 3.63) is 23.0 Å². The van der Waals surface area contributed by atoms with E-state index in [-0.39, 0.29) is 5.78 Å². The molecule has 18 heavy (non-hydrogen) atoms. The molecule has 0 aliphatic carbocycles. The predicted molar refractivity (Wildman–Crippen MR) is 76.1 cm³/mol. The van der Waals surface area contributed by atoms with Gasteiger partial charge in [0.25, 0.3) is 0 Å². The zero-order valence-electron chi connectivity index (χ0n) is 12.5. The first-order chi connectivity index (χ1) is 8.31. The van der Waals surface area contributed by atoms with E-state index in [1.54, 1.807) is 0 Å². The molecule has 1 aromatic rings. The van der Waals surface area contributed by atoms with Crippen molar-refractivity contribution in [3.8, 4) is 0 Å². The number of H-pyrrole nitrogens is 1. The lowest BCUT2D eigenvalue weighted by Crippen LogP contribution is -2.34. The number of rotatable bonds is 6. The van der Waals surface area contributed by atoms with Crippen LogP contribution in [-0.2, 0) is 0 Å². The number of hydrogen-bond donors (Lipinski definition) is 1. The van der Waals surface area contributed by atoms with Gasteiger partial charge in [0, 0.05) is 23.0 Å². The van der Waals surface area contributed by atoms with Crippen molar-refractivity contribution in [3.63, 3.8) is 0 Å². The Hall–Kier alpha value is -1.09. The van der Waals surface area contributed by atoms with Gasteiger partial charge in [-0.25, -0.2) is 0 Å². The van der Waals surface area contributed by atoms with Gasteiger partial charge in [0.05, 0.1) is 6.54 Å². The minimum atomic E-state index is 0.204. The Bertz CT molecular complexity index is 407. The van der Waals surface area contributed by atoms with Crippen LogP contribution in [-0.4, -0.2) is 35.3 Å². The lowest BCUT2D eigenvalue weighted by molar-refractivity contribution is 0.0916. The summed E-state index contributed by atoms with van der Waals surface area (Å²) in [6.45, 7) is 11.0. The summed E-state index contributed by atoms with van der Waals surface area (Å²) in [7, 11) is 2.03. The Balaban J connectivity index is 2.62. The molecular weight excluding hydrogens is 224 g/mol. The van der Waals surface area contributed by atoms with Crippen LogP contribution >= 0.6 is 0 Å². The van der Waals surface area contributed by atoms with E-state index >= 15 is 0 Å². The van der Waals surface area contributed by atoms with Gasteiger partial charge in [0.15, 0.2) is 5.78 Å².